The van der Waals surface area contributed by atoms with E-state index in [4.69, 9.17) is 18.9 Å². The molecule has 0 spiro atoms. The second-order valence-electron chi connectivity index (χ2n) is 17.2. The van der Waals surface area contributed by atoms with Crippen molar-refractivity contribution < 1.29 is 64.3 Å². The van der Waals surface area contributed by atoms with Crippen LogP contribution in [0.25, 0.3) is 0 Å². The molecule has 0 bridgehead atoms. The van der Waals surface area contributed by atoms with Gasteiger partial charge in [-0.2, -0.15) is 0 Å². The van der Waals surface area contributed by atoms with Crippen molar-refractivity contribution in [3.63, 3.8) is 0 Å². The summed E-state index contributed by atoms with van der Waals surface area (Å²) in [5, 5.41) is 73.4. The Kier molecular flexibility index (Phi) is 11.6. The molecule has 0 radical (unpaired) electrons. The molecule has 2 heterocycles. The number of Topliss-reactive ketones (excluding diaryl/α,β-unsaturated/α-hetero) is 2. The minimum absolute atomic E-state index is 0.0262. The molecule has 6 aliphatic rings. The normalized spacial score (nSPS) is 49.7. The first kappa shape index (κ1) is 39.3. The summed E-state index contributed by atoms with van der Waals surface area (Å²) >= 11 is 0. The van der Waals surface area contributed by atoms with Crippen molar-refractivity contribution in [2.24, 2.45) is 46.3 Å². The maximum absolute atomic E-state index is 13.8. The SMILES string of the molecule is C[C@@H](CO)CCC(=O)[C@@H](C)[C@H]1C(=O)C[C@H]2[C@@H]3CC=C4C[C@@H](O)C[C@@H](O[C@@H]5OC[C@H](O)[C@H](O)[C@H]5O[C@@H]5O[C@@H](C)[C@H](O)[C@@H](O)[C@H]5O)[C@]4(C)[C@H]3CC[C@]12C. The fraction of sp³-hybridized carbons (Fsp3) is 0.895. The number of aliphatic hydroxyl groups is 7. The minimum atomic E-state index is -1.65. The van der Waals surface area contributed by atoms with Crippen molar-refractivity contribution in [2.75, 3.05) is 13.2 Å². The molecule has 290 valence electrons. The third-order valence-electron chi connectivity index (χ3n) is 14.1. The van der Waals surface area contributed by atoms with E-state index in [-0.39, 0.29) is 66.2 Å². The van der Waals surface area contributed by atoms with Gasteiger partial charge >= 0.3 is 0 Å². The molecular formula is C38H60O13. The van der Waals surface area contributed by atoms with Gasteiger partial charge in [-0.3, -0.25) is 9.59 Å². The van der Waals surface area contributed by atoms with E-state index in [1.165, 1.54) is 6.92 Å². The summed E-state index contributed by atoms with van der Waals surface area (Å²) in [4.78, 5) is 27.2. The molecule has 6 rings (SSSR count). The largest absolute Gasteiger partial charge is 0.396 e. The van der Waals surface area contributed by atoms with E-state index in [1.807, 2.05) is 13.8 Å². The van der Waals surface area contributed by atoms with Gasteiger partial charge in [0.1, 0.15) is 48.2 Å². The van der Waals surface area contributed by atoms with Gasteiger partial charge in [0, 0.05) is 43.1 Å². The number of ether oxygens (including phenoxy) is 4. The lowest BCUT2D eigenvalue weighted by atomic mass is 9.46. The quantitative estimate of drug-likeness (QED) is 0.157. The molecule has 0 unspecified atom stereocenters. The van der Waals surface area contributed by atoms with Crippen LogP contribution in [0.3, 0.4) is 0 Å². The number of fused-ring (bicyclic) bond motifs is 5. The van der Waals surface area contributed by atoms with Gasteiger partial charge in [0.25, 0.3) is 0 Å². The summed E-state index contributed by atoms with van der Waals surface area (Å²) < 4.78 is 24.3. The summed E-state index contributed by atoms with van der Waals surface area (Å²) in [5.74, 6) is -0.218. The Morgan fingerprint density at radius 1 is 0.980 bits per heavy atom. The van der Waals surface area contributed by atoms with Crippen molar-refractivity contribution in [2.45, 2.75) is 154 Å². The maximum atomic E-state index is 13.8. The van der Waals surface area contributed by atoms with Gasteiger partial charge < -0.3 is 54.7 Å². The van der Waals surface area contributed by atoms with Crippen LogP contribution >= 0.6 is 0 Å². The lowest BCUT2D eigenvalue weighted by Crippen LogP contribution is -2.63. The summed E-state index contributed by atoms with van der Waals surface area (Å²) in [7, 11) is 0. The second-order valence-corrected chi connectivity index (χ2v) is 17.2. The molecule has 3 saturated carbocycles. The molecular weight excluding hydrogens is 664 g/mol. The number of carbonyl (C=O) groups is 2. The van der Waals surface area contributed by atoms with Crippen LogP contribution < -0.4 is 0 Å². The summed E-state index contributed by atoms with van der Waals surface area (Å²) in [5.41, 5.74) is 0.158. The number of aliphatic hydroxyl groups excluding tert-OH is 7. The van der Waals surface area contributed by atoms with Crippen LogP contribution in [-0.2, 0) is 28.5 Å². The first-order valence-corrected chi connectivity index (χ1v) is 19.0. The molecule has 2 aliphatic heterocycles. The lowest BCUT2D eigenvalue weighted by molar-refractivity contribution is -0.362. The van der Waals surface area contributed by atoms with Crippen molar-refractivity contribution in [3.8, 4) is 0 Å². The molecule has 2 saturated heterocycles. The molecule has 19 atom stereocenters. The Labute approximate surface area is 300 Å². The molecule has 4 aliphatic carbocycles. The van der Waals surface area contributed by atoms with Crippen LogP contribution in [0.15, 0.2) is 11.6 Å². The zero-order valence-corrected chi connectivity index (χ0v) is 30.5. The zero-order chi connectivity index (χ0) is 37.2. The number of hydrogen-bond donors (Lipinski definition) is 7. The highest BCUT2D eigenvalue weighted by atomic mass is 16.8. The van der Waals surface area contributed by atoms with E-state index < -0.39 is 78.8 Å². The molecule has 0 aromatic carbocycles. The number of hydrogen-bond acceptors (Lipinski definition) is 13. The molecule has 13 nitrogen and oxygen atoms in total. The van der Waals surface area contributed by atoms with Gasteiger partial charge in [-0.05, 0) is 68.1 Å². The van der Waals surface area contributed by atoms with Crippen molar-refractivity contribution in [1.82, 2.24) is 0 Å². The Hall–Kier alpha value is -1.36. The molecule has 0 aromatic rings. The predicted octanol–water partition coefficient (Wildman–Crippen LogP) is 1.01. The van der Waals surface area contributed by atoms with Crippen LogP contribution in [0.5, 0.6) is 0 Å². The Balaban J connectivity index is 1.23. The number of allylic oxidation sites excluding steroid dienone is 1. The van der Waals surface area contributed by atoms with E-state index in [0.717, 1.165) is 24.8 Å². The molecule has 13 heteroatoms. The van der Waals surface area contributed by atoms with Crippen LogP contribution in [0, 0.1) is 46.3 Å². The Morgan fingerprint density at radius 3 is 2.41 bits per heavy atom. The second kappa shape index (κ2) is 15.1. The van der Waals surface area contributed by atoms with E-state index in [2.05, 4.69) is 19.9 Å². The van der Waals surface area contributed by atoms with Gasteiger partial charge in [-0.1, -0.05) is 39.3 Å². The Bertz CT molecular complexity index is 1310. The highest BCUT2D eigenvalue weighted by Gasteiger charge is 2.64. The van der Waals surface area contributed by atoms with Crippen molar-refractivity contribution >= 4 is 11.6 Å². The first-order valence-electron chi connectivity index (χ1n) is 19.0. The molecule has 5 fully saturated rings. The van der Waals surface area contributed by atoms with Crippen molar-refractivity contribution in [3.05, 3.63) is 11.6 Å². The topological polar surface area (TPSA) is 213 Å². The van der Waals surface area contributed by atoms with E-state index >= 15 is 0 Å². The van der Waals surface area contributed by atoms with Gasteiger partial charge in [0.2, 0.25) is 0 Å². The standard InChI is InChI=1S/C38H60O13/c1-17(15-39)6-9-25(41)18(2)29-26(42)14-24-22-8-7-20-12-21(40)13-28(38(20,5)23(22)10-11-37(24,29)4)50-36-34(31(45)27(43)16-48-36)51-35-33(47)32(46)30(44)19(3)49-35/h7,17-19,21-24,27-36,39-40,43-47H,6,8-16H2,1-5H3/t17-,18-,19+,21-,22-,23+,24+,27+,28-,29+,30+,31+,32-,33-,34-,35+,36+,37+,38+/m1/s1. The monoisotopic (exact) mass is 724 g/mol. The fourth-order valence-electron chi connectivity index (χ4n) is 10.9. The number of rotatable bonds is 10. The van der Waals surface area contributed by atoms with Gasteiger partial charge in [-0.15, -0.1) is 0 Å². The van der Waals surface area contributed by atoms with E-state index in [9.17, 15) is 45.3 Å². The summed E-state index contributed by atoms with van der Waals surface area (Å²) in [6.45, 7) is 9.43. The van der Waals surface area contributed by atoms with Gasteiger partial charge in [0.15, 0.2) is 12.6 Å². The highest BCUT2D eigenvalue weighted by Crippen LogP contribution is 2.67. The van der Waals surface area contributed by atoms with Crippen LogP contribution in [0.2, 0.25) is 0 Å². The zero-order valence-electron chi connectivity index (χ0n) is 30.5. The molecule has 0 aromatic heterocycles. The third kappa shape index (κ3) is 6.92. The summed E-state index contributed by atoms with van der Waals surface area (Å²) in [6.07, 6.45) is -7.04. The third-order valence-corrected chi connectivity index (χ3v) is 14.1. The first-order chi connectivity index (χ1) is 24.0. The number of carbonyl (C=O) groups excluding carboxylic acids is 2. The van der Waals surface area contributed by atoms with E-state index in [0.29, 0.717) is 25.7 Å². The average Bonchev–Trinajstić information content (AvgIpc) is 3.37. The van der Waals surface area contributed by atoms with Crippen LogP contribution in [0.1, 0.15) is 86.0 Å². The van der Waals surface area contributed by atoms with Crippen LogP contribution in [-0.4, -0.2) is 128 Å². The molecule has 51 heavy (non-hydrogen) atoms. The van der Waals surface area contributed by atoms with Crippen LogP contribution in [0.4, 0.5) is 0 Å². The lowest BCUT2D eigenvalue weighted by Gasteiger charge is -2.60. The number of ketones is 2. The minimum Gasteiger partial charge on any atom is -0.396 e. The van der Waals surface area contributed by atoms with Gasteiger partial charge in [0.05, 0.1) is 24.9 Å². The van der Waals surface area contributed by atoms with Crippen molar-refractivity contribution in [1.29, 1.82) is 0 Å². The average molecular weight is 725 g/mol. The summed E-state index contributed by atoms with van der Waals surface area (Å²) in [6, 6.07) is 0. The van der Waals surface area contributed by atoms with E-state index in [1.54, 1.807) is 0 Å². The Morgan fingerprint density at radius 2 is 1.71 bits per heavy atom. The fourth-order valence-corrected chi connectivity index (χ4v) is 10.9. The predicted molar refractivity (Wildman–Crippen MR) is 180 cm³/mol. The molecule has 7 N–H and O–H groups in total. The van der Waals surface area contributed by atoms with Gasteiger partial charge in [-0.25, -0.2) is 0 Å². The highest BCUT2D eigenvalue weighted by molar-refractivity contribution is 5.92. The maximum Gasteiger partial charge on any atom is 0.187 e. The smallest absolute Gasteiger partial charge is 0.187 e. The molecule has 0 amide bonds.